The molecule has 0 radical (unpaired) electrons. The standard InChI is InChI=1S/C35H39Cl2F3N4O5/c36-20-5-6-23-25(12-20)43-32(47)35(23)27(22-2-1-3-24(37)28(22)40)29(44-34(35)15-33(16-34,17-38)18-39)31(46)41-13-19-4-7-26(49-14-19)30(45)42-21-8-10-48-11-9-21/h1-3,5-6,12,19,21,26-27,29,44H,4,7-11,13-18H2,(H,41,46)(H,42,45)(H,43,47)/t19-,26-,27?,29+,35+/m0/s1. The Bertz CT molecular complexity index is 1620. The van der Waals surface area contributed by atoms with Gasteiger partial charge in [-0.15, -0.1) is 0 Å². The van der Waals surface area contributed by atoms with Crippen molar-refractivity contribution >= 4 is 46.6 Å². The van der Waals surface area contributed by atoms with E-state index in [4.69, 9.17) is 32.7 Å². The highest BCUT2D eigenvalue weighted by Crippen LogP contribution is 2.68. The minimum Gasteiger partial charge on any atom is -0.381 e. The highest BCUT2D eigenvalue weighted by Gasteiger charge is 2.78. The lowest BCUT2D eigenvalue weighted by Crippen LogP contribution is -2.70. The number of halogens is 5. The van der Waals surface area contributed by atoms with Crippen molar-refractivity contribution in [2.75, 3.05) is 45.0 Å². The number of carbonyl (C=O) groups is 3. The molecule has 1 aliphatic carbocycles. The number of nitrogens with one attached hydrogen (secondary N) is 4. The van der Waals surface area contributed by atoms with Gasteiger partial charge >= 0.3 is 0 Å². The molecule has 4 fully saturated rings. The van der Waals surface area contributed by atoms with E-state index in [1.807, 2.05) is 0 Å². The number of benzene rings is 2. The molecule has 7 rings (SSSR count). The second-order valence-electron chi connectivity index (χ2n) is 14.3. The normalized spacial score (nSPS) is 30.1. The molecule has 5 atom stereocenters. The first kappa shape index (κ1) is 34.5. The van der Waals surface area contributed by atoms with Crippen LogP contribution in [0.15, 0.2) is 36.4 Å². The number of anilines is 1. The van der Waals surface area contributed by atoms with E-state index in [1.54, 1.807) is 24.3 Å². The molecule has 49 heavy (non-hydrogen) atoms. The number of hydrogen-bond acceptors (Lipinski definition) is 6. The molecule has 5 aliphatic rings. The topological polar surface area (TPSA) is 118 Å². The zero-order valence-corrected chi connectivity index (χ0v) is 28.3. The highest BCUT2D eigenvalue weighted by atomic mass is 35.5. The van der Waals surface area contributed by atoms with Crippen LogP contribution in [-0.4, -0.2) is 81.2 Å². The second-order valence-corrected chi connectivity index (χ2v) is 15.1. The zero-order chi connectivity index (χ0) is 34.6. The molecule has 1 saturated carbocycles. The number of carbonyl (C=O) groups excluding carboxylic acids is 3. The van der Waals surface area contributed by atoms with Crippen LogP contribution in [0.2, 0.25) is 10.0 Å². The molecule has 2 spiro atoms. The third kappa shape index (κ3) is 5.71. The first-order valence-electron chi connectivity index (χ1n) is 16.8. The molecule has 2 aromatic rings. The lowest BCUT2D eigenvalue weighted by molar-refractivity contribution is -0.139. The van der Waals surface area contributed by atoms with Gasteiger partial charge in [0.2, 0.25) is 17.7 Å². The van der Waals surface area contributed by atoms with Crippen LogP contribution in [-0.2, 0) is 29.3 Å². The van der Waals surface area contributed by atoms with Gasteiger partial charge in [0.1, 0.15) is 17.3 Å². The molecule has 2 aromatic carbocycles. The van der Waals surface area contributed by atoms with Crippen LogP contribution in [0.25, 0.3) is 0 Å². The van der Waals surface area contributed by atoms with Crippen LogP contribution in [0.1, 0.15) is 55.6 Å². The minimum absolute atomic E-state index is 0.0346. The minimum atomic E-state index is -1.63. The van der Waals surface area contributed by atoms with Crippen LogP contribution in [0.4, 0.5) is 18.9 Å². The van der Waals surface area contributed by atoms with Crippen molar-refractivity contribution < 1.29 is 37.0 Å². The van der Waals surface area contributed by atoms with Gasteiger partial charge in [0.15, 0.2) is 0 Å². The van der Waals surface area contributed by atoms with E-state index in [1.165, 1.54) is 12.1 Å². The largest absolute Gasteiger partial charge is 0.381 e. The zero-order valence-electron chi connectivity index (χ0n) is 26.8. The van der Waals surface area contributed by atoms with E-state index in [-0.39, 0.29) is 54.4 Å². The van der Waals surface area contributed by atoms with Crippen molar-refractivity contribution in [3.63, 3.8) is 0 Å². The summed E-state index contributed by atoms with van der Waals surface area (Å²) in [6.45, 7) is -0.246. The van der Waals surface area contributed by atoms with Crippen molar-refractivity contribution in [3.8, 4) is 0 Å². The van der Waals surface area contributed by atoms with Gasteiger partial charge in [-0.25, -0.2) is 4.39 Å². The van der Waals surface area contributed by atoms with Crippen molar-refractivity contribution in [2.24, 2.45) is 11.3 Å². The predicted octanol–water partition coefficient (Wildman–Crippen LogP) is 4.74. The molecule has 0 bridgehead atoms. The highest BCUT2D eigenvalue weighted by molar-refractivity contribution is 6.31. The number of rotatable bonds is 8. The summed E-state index contributed by atoms with van der Waals surface area (Å²) in [6.07, 6.45) is 1.84. The smallest absolute Gasteiger partial charge is 0.249 e. The van der Waals surface area contributed by atoms with E-state index in [0.29, 0.717) is 42.3 Å². The van der Waals surface area contributed by atoms with Gasteiger partial charge in [-0.3, -0.25) is 28.5 Å². The Morgan fingerprint density at radius 3 is 2.45 bits per heavy atom. The first-order valence-corrected chi connectivity index (χ1v) is 17.5. The molecule has 3 amide bonds. The summed E-state index contributed by atoms with van der Waals surface area (Å²) in [5.74, 6) is -3.21. The maximum Gasteiger partial charge on any atom is 0.249 e. The molecule has 3 saturated heterocycles. The fourth-order valence-corrected chi connectivity index (χ4v) is 9.38. The Kier molecular flexibility index (Phi) is 9.40. The van der Waals surface area contributed by atoms with Gasteiger partial charge in [-0.2, -0.15) is 0 Å². The Balaban J connectivity index is 1.16. The van der Waals surface area contributed by atoms with E-state index in [9.17, 15) is 23.2 Å². The molecule has 264 valence electrons. The van der Waals surface area contributed by atoms with Crippen molar-refractivity contribution in [2.45, 2.75) is 73.6 Å². The van der Waals surface area contributed by atoms with Crippen molar-refractivity contribution in [3.05, 3.63) is 63.4 Å². The van der Waals surface area contributed by atoms with E-state index < -0.39 is 65.4 Å². The maximum atomic E-state index is 16.1. The van der Waals surface area contributed by atoms with Crippen molar-refractivity contribution in [1.29, 1.82) is 0 Å². The predicted molar refractivity (Wildman–Crippen MR) is 177 cm³/mol. The Morgan fingerprint density at radius 2 is 1.76 bits per heavy atom. The lowest BCUT2D eigenvalue weighted by Gasteiger charge is -2.59. The number of alkyl halides is 2. The molecule has 4 heterocycles. The molecule has 1 unspecified atom stereocenters. The molecule has 14 heteroatoms. The summed E-state index contributed by atoms with van der Waals surface area (Å²) >= 11 is 12.6. The maximum absolute atomic E-state index is 16.1. The summed E-state index contributed by atoms with van der Waals surface area (Å²) in [4.78, 5) is 41.5. The number of hydrogen-bond donors (Lipinski definition) is 4. The average Bonchev–Trinajstić information content (AvgIpc) is 3.56. The van der Waals surface area contributed by atoms with Crippen molar-refractivity contribution in [1.82, 2.24) is 16.0 Å². The summed E-state index contributed by atoms with van der Waals surface area (Å²) in [7, 11) is 0. The second kappa shape index (κ2) is 13.3. The van der Waals surface area contributed by atoms with Crippen LogP contribution in [0.3, 0.4) is 0 Å². The van der Waals surface area contributed by atoms with Gasteiger partial charge in [-0.1, -0.05) is 41.4 Å². The number of fused-ring (bicyclic) bond motifs is 3. The lowest BCUT2D eigenvalue weighted by atomic mass is 9.46. The van der Waals surface area contributed by atoms with Gasteiger partial charge in [0, 0.05) is 53.4 Å². The Labute approximate surface area is 292 Å². The van der Waals surface area contributed by atoms with Crippen LogP contribution in [0, 0.1) is 17.2 Å². The van der Waals surface area contributed by atoms with Gasteiger partial charge in [0.05, 0.1) is 31.0 Å². The quantitative estimate of drug-likeness (QED) is 0.313. The van der Waals surface area contributed by atoms with E-state index in [2.05, 4.69) is 21.3 Å². The summed E-state index contributed by atoms with van der Waals surface area (Å²) in [5.41, 5.74) is -3.40. The summed E-state index contributed by atoms with van der Waals surface area (Å²) in [5, 5.41) is 12.4. The Hall–Kier alpha value is -2.90. The molecule has 4 N–H and O–H groups in total. The monoisotopic (exact) mass is 722 g/mol. The molecule has 4 aliphatic heterocycles. The van der Waals surface area contributed by atoms with E-state index in [0.717, 1.165) is 12.8 Å². The van der Waals surface area contributed by atoms with Gasteiger partial charge in [-0.05, 0) is 73.8 Å². The number of amides is 3. The first-order chi connectivity index (χ1) is 23.6. The summed E-state index contributed by atoms with van der Waals surface area (Å²) in [6, 6.07) is 8.14. The van der Waals surface area contributed by atoms with Crippen LogP contribution in [0.5, 0.6) is 0 Å². The molecular weight excluding hydrogens is 684 g/mol. The third-order valence-corrected chi connectivity index (χ3v) is 11.8. The molecule has 0 aromatic heterocycles. The number of ether oxygens (including phenoxy) is 2. The summed E-state index contributed by atoms with van der Waals surface area (Å²) < 4.78 is 56.1. The molecule has 9 nitrogen and oxygen atoms in total. The average molecular weight is 724 g/mol. The molecular formula is C35H39Cl2F3N4O5. The third-order valence-electron chi connectivity index (χ3n) is 11.3. The van der Waals surface area contributed by atoms with Gasteiger partial charge < -0.3 is 25.4 Å². The fraction of sp³-hybridized carbons (Fsp3) is 0.571. The van der Waals surface area contributed by atoms with Crippen LogP contribution < -0.4 is 21.3 Å². The van der Waals surface area contributed by atoms with Gasteiger partial charge in [0.25, 0.3) is 0 Å². The fourth-order valence-electron chi connectivity index (χ4n) is 9.02. The van der Waals surface area contributed by atoms with E-state index >= 15 is 4.39 Å². The van der Waals surface area contributed by atoms with Crippen LogP contribution >= 0.6 is 23.2 Å². The Morgan fingerprint density at radius 1 is 1.00 bits per heavy atom. The SMILES string of the molecule is O=C(NC1CCOCC1)[C@@H]1CC[C@@H](CNC(=O)[C@@H]2NC3(CC(CF)(CF)C3)[C@@]3(C(=O)Nc4cc(Cl)ccc43)C2c2cccc(Cl)c2F)CO1.